The van der Waals surface area contributed by atoms with Crippen molar-refractivity contribution in [2.45, 2.75) is 12.8 Å². The van der Waals surface area contributed by atoms with Gasteiger partial charge < -0.3 is 10.5 Å². The Labute approximate surface area is 93.3 Å². The minimum Gasteiger partial charge on any atom is -0.463 e. The lowest BCUT2D eigenvalue weighted by Crippen LogP contribution is -2.43. The molecular formula is C9H15N5O2. The molecule has 0 spiro atoms. The Morgan fingerprint density at radius 2 is 2.50 bits per heavy atom. The Balaban J connectivity index is 2.34. The Bertz CT molecular complexity index is 337. The van der Waals surface area contributed by atoms with E-state index < -0.39 is 5.97 Å². The number of hydrazine groups is 2. The van der Waals surface area contributed by atoms with E-state index in [0.717, 1.165) is 6.08 Å². The molecule has 88 valence electrons. The van der Waals surface area contributed by atoms with Gasteiger partial charge in [-0.2, -0.15) is 5.10 Å². The molecule has 0 aromatic carbocycles. The third kappa shape index (κ3) is 3.28. The number of esters is 1. The summed E-state index contributed by atoms with van der Waals surface area (Å²) in [4.78, 5) is 10.7. The summed E-state index contributed by atoms with van der Waals surface area (Å²) in [6, 6.07) is 0. The van der Waals surface area contributed by atoms with Crippen LogP contribution < -0.4 is 17.1 Å². The summed E-state index contributed by atoms with van der Waals surface area (Å²) in [5.74, 6) is 5.15. The van der Waals surface area contributed by atoms with Crippen LogP contribution in [0.4, 0.5) is 0 Å². The first-order chi connectivity index (χ1) is 7.65. The molecule has 1 rings (SSSR count). The molecule has 0 aromatic heterocycles. The van der Waals surface area contributed by atoms with Crippen molar-refractivity contribution in [2.75, 3.05) is 6.61 Å². The van der Waals surface area contributed by atoms with E-state index in [1.165, 1.54) is 11.3 Å². The van der Waals surface area contributed by atoms with Crippen LogP contribution >= 0.6 is 0 Å². The van der Waals surface area contributed by atoms with E-state index in [4.69, 9.17) is 16.3 Å². The van der Waals surface area contributed by atoms with Crippen molar-refractivity contribution in [1.82, 2.24) is 10.7 Å². The summed E-state index contributed by atoms with van der Waals surface area (Å²) >= 11 is 0. The van der Waals surface area contributed by atoms with E-state index in [1.54, 1.807) is 0 Å². The van der Waals surface area contributed by atoms with Crippen LogP contribution in [0.1, 0.15) is 12.8 Å². The number of carbonyl (C=O) groups excluding carboxylic acids is 1. The Morgan fingerprint density at radius 1 is 1.75 bits per heavy atom. The summed E-state index contributed by atoms with van der Waals surface area (Å²) in [7, 11) is 0. The quantitative estimate of drug-likeness (QED) is 0.248. The van der Waals surface area contributed by atoms with Crippen LogP contribution in [0.15, 0.2) is 29.2 Å². The second-order valence-corrected chi connectivity index (χ2v) is 3.11. The van der Waals surface area contributed by atoms with Gasteiger partial charge in [0.05, 0.1) is 24.2 Å². The molecule has 1 aliphatic heterocycles. The fourth-order valence-electron chi connectivity index (χ4n) is 1.17. The molecule has 0 amide bonds. The van der Waals surface area contributed by atoms with Crippen molar-refractivity contribution < 1.29 is 9.53 Å². The van der Waals surface area contributed by atoms with Gasteiger partial charge in [-0.05, 0) is 12.8 Å². The highest BCUT2D eigenvalue weighted by atomic mass is 16.5. The summed E-state index contributed by atoms with van der Waals surface area (Å²) in [5.41, 5.74) is 9.43. The lowest BCUT2D eigenvalue weighted by molar-refractivity contribution is -0.137. The van der Waals surface area contributed by atoms with Crippen molar-refractivity contribution in [1.29, 1.82) is 0 Å². The first-order valence-corrected chi connectivity index (χ1v) is 4.76. The van der Waals surface area contributed by atoms with Gasteiger partial charge in [-0.15, -0.1) is 0 Å². The number of carbonyl (C=O) groups is 1. The Morgan fingerprint density at radius 3 is 3.12 bits per heavy atom. The number of nitrogens with two attached hydrogens (primary N) is 2. The highest BCUT2D eigenvalue weighted by molar-refractivity contribution is 5.81. The van der Waals surface area contributed by atoms with Gasteiger partial charge in [-0.1, -0.05) is 6.58 Å². The van der Waals surface area contributed by atoms with Crippen LogP contribution in [0, 0.1) is 0 Å². The number of hydrogen-bond acceptors (Lipinski definition) is 7. The number of nitrogens with zero attached hydrogens (tertiary/aromatic N) is 2. The van der Waals surface area contributed by atoms with E-state index in [1.807, 2.05) is 0 Å². The second-order valence-electron chi connectivity index (χ2n) is 3.11. The highest BCUT2D eigenvalue weighted by Gasteiger charge is 2.12. The Hall–Kier alpha value is -2.02. The van der Waals surface area contributed by atoms with E-state index in [-0.39, 0.29) is 0 Å². The van der Waals surface area contributed by atoms with Crippen LogP contribution in [0.3, 0.4) is 0 Å². The smallest absolute Gasteiger partial charge is 0.330 e. The van der Waals surface area contributed by atoms with Crippen LogP contribution in [-0.2, 0) is 9.53 Å². The van der Waals surface area contributed by atoms with E-state index in [0.29, 0.717) is 30.8 Å². The number of hydrazone groups is 1. The molecule has 0 aromatic rings. The molecule has 0 radical (unpaired) electrons. The first-order valence-electron chi connectivity index (χ1n) is 4.76. The maximum absolute atomic E-state index is 10.7. The number of ether oxygens (including phenoxy) is 1. The third-order valence-corrected chi connectivity index (χ3v) is 1.96. The van der Waals surface area contributed by atoms with Gasteiger partial charge in [0.2, 0.25) is 0 Å². The summed E-state index contributed by atoms with van der Waals surface area (Å²) in [6.07, 6.45) is 3.82. The number of nitrogens with one attached hydrogen (secondary N) is 1. The average molecular weight is 225 g/mol. The van der Waals surface area contributed by atoms with Crippen LogP contribution in [0.25, 0.3) is 0 Å². The van der Waals surface area contributed by atoms with Crippen LogP contribution in [0.5, 0.6) is 0 Å². The number of hydrogen-bond donors (Lipinski definition) is 3. The summed E-state index contributed by atoms with van der Waals surface area (Å²) in [6.45, 7) is 3.59. The molecule has 0 bridgehead atoms. The maximum atomic E-state index is 10.7. The van der Waals surface area contributed by atoms with E-state index in [9.17, 15) is 4.79 Å². The van der Waals surface area contributed by atoms with Gasteiger partial charge >= 0.3 is 5.97 Å². The fraction of sp³-hybridized carbons (Fsp3) is 0.333. The Kier molecular flexibility index (Phi) is 4.34. The number of rotatable bonds is 5. The summed E-state index contributed by atoms with van der Waals surface area (Å²) < 4.78 is 4.82. The van der Waals surface area contributed by atoms with Gasteiger partial charge in [0.1, 0.15) is 0 Å². The zero-order valence-corrected chi connectivity index (χ0v) is 8.85. The maximum Gasteiger partial charge on any atom is 0.330 e. The van der Waals surface area contributed by atoms with Crippen molar-refractivity contribution in [2.24, 2.45) is 16.7 Å². The molecular weight excluding hydrogens is 210 g/mol. The van der Waals surface area contributed by atoms with Crippen molar-refractivity contribution >= 4 is 12.2 Å². The van der Waals surface area contributed by atoms with E-state index >= 15 is 0 Å². The van der Waals surface area contributed by atoms with E-state index in [2.05, 4.69) is 17.2 Å². The van der Waals surface area contributed by atoms with Crippen molar-refractivity contribution in [3.8, 4) is 0 Å². The zero-order valence-electron chi connectivity index (χ0n) is 8.85. The van der Waals surface area contributed by atoms with Gasteiger partial charge in [-0.3, -0.25) is 0 Å². The molecule has 1 heterocycles. The fourth-order valence-corrected chi connectivity index (χ4v) is 1.17. The van der Waals surface area contributed by atoms with Gasteiger partial charge in [0.25, 0.3) is 0 Å². The molecule has 5 N–H and O–H groups in total. The molecule has 0 saturated carbocycles. The first kappa shape index (κ1) is 12.1. The largest absolute Gasteiger partial charge is 0.463 e. The second kappa shape index (κ2) is 5.76. The molecule has 0 fully saturated rings. The van der Waals surface area contributed by atoms with Crippen molar-refractivity contribution in [3.63, 3.8) is 0 Å². The standard InChI is InChI=1S/C9H15N5O2/c1-2-9(15)16-5-3-4-8-7(10)6-12-13-14(8)11/h2,6,13H,1,3-5,10-11H2. The van der Waals surface area contributed by atoms with Crippen LogP contribution in [-0.4, -0.2) is 23.9 Å². The third-order valence-electron chi connectivity index (χ3n) is 1.96. The number of allylic oxidation sites excluding steroid dienone is 2. The molecule has 0 aliphatic carbocycles. The predicted octanol–water partition coefficient (Wildman–Crippen LogP) is -0.654. The molecule has 1 aliphatic rings. The van der Waals surface area contributed by atoms with Gasteiger partial charge in [-0.25, -0.2) is 21.3 Å². The zero-order chi connectivity index (χ0) is 12.0. The van der Waals surface area contributed by atoms with Gasteiger partial charge in [0, 0.05) is 6.08 Å². The highest BCUT2D eigenvalue weighted by Crippen LogP contribution is 2.10. The molecule has 16 heavy (non-hydrogen) atoms. The van der Waals surface area contributed by atoms with Gasteiger partial charge in [0.15, 0.2) is 0 Å². The molecule has 0 atom stereocenters. The SMILES string of the molecule is C=CC(=O)OCCCC1=C(N)C=NNN1N. The van der Waals surface area contributed by atoms with Crippen LogP contribution in [0.2, 0.25) is 0 Å². The lowest BCUT2D eigenvalue weighted by atomic mass is 10.2. The monoisotopic (exact) mass is 225 g/mol. The minimum absolute atomic E-state index is 0.298. The molecule has 0 unspecified atom stereocenters. The molecule has 7 nitrogen and oxygen atoms in total. The molecule has 0 saturated heterocycles. The predicted molar refractivity (Wildman–Crippen MR) is 59.3 cm³/mol. The summed E-state index contributed by atoms with van der Waals surface area (Å²) in [5, 5.41) is 4.94. The lowest BCUT2D eigenvalue weighted by Gasteiger charge is -2.24. The minimum atomic E-state index is -0.435. The average Bonchev–Trinajstić information content (AvgIpc) is 2.27. The van der Waals surface area contributed by atoms with Crippen molar-refractivity contribution in [3.05, 3.63) is 24.0 Å². The molecule has 7 heteroatoms. The topological polar surface area (TPSA) is 106 Å². The normalized spacial score (nSPS) is 14.7.